The van der Waals surface area contributed by atoms with Gasteiger partial charge in [0, 0.05) is 31.4 Å². The highest BCUT2D eigenvalue weighted by Crippen LogP contribution is 2.16. The van der Waals surface area contributed by atoms with Crippen molar-refractivity contribution in [1.82, 2.24) is 9.80 Å². The summed E-state index contributed by atoms with van der Waals surface area (Å²) in [5.74, 6) is 0.0525. The number of nitrogens with zero attached hydrogens (tertiary/aromatic N) is 2. The van der Waals surface area contributed by atoms with Gasteiger partial charge in [-0.1, -0.05) is 18.2 Å². The number of nitrogens with one attached hydrogen (secondary N) is 1. The van der Waals surface area contributed by atoms with Gasteiger partial charge in [0.1, 0.15) is 0 Å². The highest BCUT2D eigenvalue weighted by atomic mass is 16.2. The first-order valence-corrected chi connectivity index (χ1v) is 7.55. The minimum atomic E-state index is 0.0525. The minimum absolute atomic E-state index is 0.0525. The molecule has 0 atom stereocenters. The molecule has 0 radical (unpaired) electrons. The van der Waals surface area contributed by atoms with E-state index in [-0.39, 0.29) is 5.91 Å². The molecule has 21 heavy (non-hydrogen) atoms. The molecule has 1 saturated heterocycles. The Kier molecular flexibility index (Phi) is 5.73. The predicted molar refractivity (Wildman–Crippen MR) is 86.1 cm³/mol. The van der Waals surface area contributed by atoms with E-state index in [1.54, 1.807) is 0 Å². The van der Waals surface area contributed by atoms with Gasteiger partial charge in [0.15, 0.2) is 0 Å². The Bertz CT molecular complexity index is 467. The Morgan fingerprint density at radius 1 is 1.33 bits per heavy atom. The molecule has 0 unspecified atom stereocenters. The van der Waals surface area contributed by atoms with E-state index in [1.165, 1.54) is 0 Å². The van der Waals surface area contributed by atoms with E-state index >= 15 is 0 Å². The molecule has 3 N–H and O–H groups in total. The van der Waals surface area contributed by atoms with Gasteiger partial charge in [-0.2, -0.15) is 0 Å². The Balaban J connectivity index is 1.90. The van der Waals surface area contributed by atoms with Gasteiger partial charge in [-0.25, -0.2) is 0 Å². The van der Waals surface area contributed by atoms with Crippen LogP contribution in [-0.4, -0.2) is 55.5 Å². The van der Waals surface area contributed by atoms with Crippen LogP contribution in [0.1, 0.15) is 18.4 Å². The van der Waals surface area contributed by atoms with Crippen molar-refractivity contribution in [1.29, 1.82) is 0 Å². The zero-order valence-electron chi connectivity index (χ0n) is 13.0. The lowest BCUT2D eigenvalue weighted by Crippen LogP contribution is -2.43. The molecular weight excluding hydrogens is 264 g/mol. The fourth-order valence-electron chi connectivity index (χ4n) is 2.62. The summed E-state index contributed by atoms with van der Waals surface area (Å²) in [5, 5.41) is 3.04. The van der Waals surface area contributed by atoms with Crippen LogP contribution in [0.3, 0.4) is 0 Å². The third kappa shape index (κ3) is 5.12. The van der Waals surface area contributed by atoms with E-state index in [4.69, 9.17) is 5.73 Å². The van der Waals surface area contributed by atoms with Gasteiger partial charge in [0.2, 0.25) is 5.91 Å². The van der Waals surface area contributed by atoms with Gasteiger partial charge in [0.25, 0.3) is 0 Å². The fourth-order valence-corrected chi connectivity index (χ4v) is 2.62. The van der Waals surface area contributed by atoms with Crippen LogP contribution in [0.4, 0.5) is 5.69 Å². The number of hydrogen-bond acceptors (Lipinski definition) is 4. The van der Waals surface area contributed by atoms with Crippen LogP contribution < -0.4 is 11.1 Å². The normalized spacial score (nSPS) is 17.1. The van der Waals surface area contributed by atoms with Gasteiger partial charge in [-0.15, -0.1) is 0 Å². The van der Waals surface area contributed by atoms with E-state index in [0.717, 1.165) is 43.7 Å². The van der Waals surface area contributed by atoms with Gasteiger partial charge in [-0.3, -0.25) is 9.69 Å². The third-order valence-electron chi connectivity index (χ3n) is 3.78. The number of hydrogen-bond donors (Lipinski definition) is 2. The Morgan fingerprint density at radius 3 is 2.67 bits per heavy atom. The molecule has 116 valence electrons. The molecule has 0 spiro atoms. The van der Waals surface area contributed by atoms with Crippen LogP contribution in [0.15, 0.2) is 24.3 Å². The van der Waals surface area contributed by atoms with Crippen molar-refractivity contribution in [3.63, 3.8) is 0 Å². The van der Waals surface area contributed by atoms with Crippen LogP contribution in [0.25, 0.3) is 0 Å². The Morgan fingerprint density at radius 2 is 2.00 bits per heavy atom. The average Bonchev–Trinajstić information content (AvgIpc) is 2.43. The number of para-hydroxylation sites is 1. The predicted octanol–water partition coefficient (Wildman–Crippen LogP) is 1.11. The number of nitrogens with two attached hydrogens (primary N) is 1. The molecular formula is C16H26N4O. The Labute approximate surface area is 127 Å². The van der Waals surface area contributed by atoms with Crippen molar-refractivity contribution in [2.45, 2.75) is 25.4 Å². The zero-order chi connectivity index (χ0) is 15.2. The largest absolute Gasteiger partial charge is 0.328 e. The van der Waals surface area contributed by atoms with E-state index in [1.807, 2.05) is 32.3 Å². The molecule has 1 aliphatic heterocycles. The number of carbonyl (C=O) groups is 1. The number of carbonyl (C=O) groups excluding carboxylic acids is 1. The highest BCUT2D eigenvalue weighted by molar-refractivity contribution is 5.93. The SMILES string of the molecule is CN(C)Cc1ccccc1NC(=O)CN1CCC(N)CC1. The standard InChI is InChI=1S/C16H26N4O/c1-19(2)11-13-5-3-4-6-15(13)18-16(21)12-20-9-7-14(17)8-10-20/h3-6,14H,7-12,17H2,1-2H3,(H,18,21). The van der Waals surface area contributed by atoms with E-state index in [0.29, 0.717) is 12.6 Å². The molecule has 1 fully saturated rings. The number of rotatable bonds is 5. The van der Waals surface area contributed by atoms with E-state index in [9.17, 15) is 4.79 Å². The molecule has 0 bridgehead atoms. The molecule has 1 heterocycles. The monoisotopic (exact) mass is 290 g/mol. The van der Waals surface area contributed by atoms with Crippen molar-refractivity contribution >= 4 is 11.6 Å². The summed E-state index contributed by atoms with van der Waals surface area (Å²) in [7, 11) is 4.05. The van der Waals surface area contributed by atoms with Crippen molar-refractivity contribution in [3.8, 4) is 0 Å². The Hall–Kier alpha value is -1.43. The minimum Gasteiger partial charge on any atom is -0.328 e. The number of piperidine rings is 1. The zero-order valence-corrected chi connectivity index (χ0v) is 13.0. The summed E-state index contributed by atoms with van der Waals surface area (Å²) in [6.45, 7) is 3.08. The van der Waals surface area contributed by atoms with Crippen LogP contribution >= 0.6 is 0 Å². The summed E-state index contributed by atoms with van der Waals surface area (Å²) in [6.07, 6.45) is 1.95. The maximum atomic E-state index is 12.2. The molecule has 0 saturated carbocycles. The molecule has 0 aromatic heterocycles. The highest BCUT2D eigenvalue weighted by Gasteiger charge is 2.18. The first kappa shape index (κ1) is 15.9. The third-order valence-corrected chi connectivity index (χ3v) is 3.78. The second kappa shape index (κ2) is 7.54. The lowest BCUT2D eigenvalue weighted by Gasteiger charge is -2.29. The van der Waals surface area contributed by atoms with Gasteiger partial charge >= 0.3 is 0 Å². The van der Waals surface area contributed by atoms with Crippen LogP contribution in [0.2, 0.25) is 0 Å². The first-order valence-electron chi connectivity index (χ1n) is 7.55. The average molecular weight is 290 g/mol. The molecule has 0 aliphatic carbocycles. The van der Waals surface area contributed by atoms with Crippen molar-refractivity contribution in [2.75, 3.05) is 39.0 Å². The molecule has 5 heteroatoms. The summed E-state index contributed by atoms with van der Waals surface area (Å²) in [4.78, 5) is 16.5. The molecule has 1 aromatic carbocycles. The van der Waals surface area contributed by atoms with Crippen LogP contribution in [0, 0.1) is 0 Å². The number of benzene rings is 1. The van der Waals surface area contributed by atoms with E-state index in [2.05, 4.69) is 21.2 Å². The smallest absolute Gasteiger partial charge is 0.238 e. The molecule has 2 rings (SSSR count). The summed E-state index contributed by atoms with van der Waals surface area (Å²) >= 11 is 0. The number of anilines is 1. The lowest BCUT2D eigenvalue weighted by atomic mass is 10.1. The van der Waals surface area contributed by atoms with Gasteiger partial charge in [-0.05, 0) is 38.6 Å². The maximum absolute atomic E-state index is 12.2. The summed E-state index contributed by atoms with van der Waals surface area (Å²) < 4.78 is 0. The second-order valence-corrected chi connectivity index (χ2v) is 6.06. The quantitative estimate of drug-likeness (QED) is 0.853. The topological polar surface area (TPSA) is 61.6 Å². The molecule has 5 nitrogen and oxygen atoms in total. The van der Waals surface area contributed by atoms with E-state index < -0.39 is 0 Å². The fraction of sp³-hybridized carbons (Fsp3) is 0.562. The number of amides is 1. The van der Waals surface area contributed by atoms with Crippen molar-refractivity contribution < 1.29 is 4.79 Å². The molecule has 1 aliphatic rings. The van der Waals surface area contributed by atoms with Crippen molar-refractivity contribution in [3.05, 3.63) is 29.8 Å². The van der Waals surface area contributed by atoms with Gasteiger partial charge in [0.05, 0.1) is 6.54 Å². The summed E-state index contributed by atoms with van der Waals surface area (Å²) in [6, 6.07) is 8.26. The summed E-state index contributed by atoms with van der Waals surface area (Å²) in [5.41, 5.74) is 7.93. The van der Waals surface area contributed by atoms with Crippen LogP contribution in [0.5, 0.6) is 0 Å². The first-order chi connectivity index (χ1) is 10.0. The second-order valence-electron chi connectivity index (χ2n) is 6.06. The van der Waals surface area contributed by atoms with Crippen molar-refractivity contribution in [2.24, 2.45) is 5.73 Å². The van der Waals surface area contributed by atoms with Gasteiger partial charge < -0.3 is 16.0 Å². The maximum Gasteiger partial charge on any atom is 0.238 e. The lowest BCUT2D eigenvalue weighted by molar-refractivity contribution is -0.117. The number of likely N-dealkylation sites (tertiary alicyclic amines) is 1. The molecule has 1 amide bonds. The molecule has 1 aromatic rings. The van der Waals surface area contributed by atoms with Crippen LogP contribution in [-0.2, 0) is 11.3 Å².